The van der Waals surface area contributed by atoms with Crippen LogP contribution in [0.1, 0.15) is 5.56 Å². The van der Waals surface area contributed by atoms with Crippen molar-refractivity contribution in [2.24, 2.45) is 0 Å². The Morgan fingerprint density at radius 2 is 1.91 bits per heavy atom. The van der Waals surface area contributed by atoms with Crippen LogP contribution < -0.4 is 0 Å². The number of benzene rings is 2. The topological polar surface area (TPSA) is 87.2 Å². The summed E-state index contributed by atoms with van der Waals surface area (Å²) in [5.41, 5.74) is 1.64. The number of carboxylic acids is 1. The van der Waals surface area contributed by atoms with Crippen molar-refractivity contribution in [3.63, 3.8) is 0 Å². The number of hydrogen-bond acceptors (Lipinski definition) is 3. The highest BCUT2D eigenvalue weighted by Crippen LogP contribution is 2.31. The molecule has 0 radical (unpaired) electrons. The largest absolute Gasteiger partial charge is 0.481 e. The van der Waals surface area contributed by atoms with Crippen LogP contribution in [0.4, 0.5) is 8.78 Å². The van der Waals surface area contributed by atoms with E-state index in [4.69, 9.17) is 5.11 Å². The summed E-state index contributed by atoms with van der Waals surface area (Å²) in [7, 11) is -4.71. The van der Waals surface area contributed by atoms with Crippen molar-refractivity contribution in [3.05, 3.63) is 42.0 Å². The number of alkyl halides is 2. The van der Waals surface area contributed by atoms with E-state index in [1.165, 1.54) is 6.07 Å². The first-order valence-electron chi connectivity index (χ1n) is 6.58. The Bertz CT molecular complexity index is 1020. The lowest BCUT2D eigenvalue weighted by Gasteiger charge is -2.04. The summed E-state index contributed by atoms with van der Waals surface area (Å²) in [4.78, 5) is 13.5. The van der Waals surface area contributed by atoms with Crippen molar-refractivity contribution < 1.29 is 27.1 Å². The molecule has 0 aliphatic heterocycles. The maximum atomic E-state index is 12.7. The smallest absolute Gasteiger partial charge is 0.341 e. The number of sulfone groups is 1. The molecule has 1 heterocycles. The van der Waals surface area contributed by atoms with Gasteiger partial charge in [-0.3, -0.25) is 4.79 Å². The van der Waals surface area contributed by atoms with Gasteiger partial charge in [0.2, 0.25) is 9.84 Å². The minimum absolute atomic E-state index is 0.254. The van der Waals surface area contributed by atoms with Gasteiger partial charge >= 0.3 is 11.7 Å². The molecule has 0 saturated heterocycles. The number of rotatable bonds is 4. The van der Waals surface area contributed by atoms with E-state index in [0.29, 0.717) is 27.4 Å². The van der Waals surface area contributed by atoms with Crippen LogP contribution in [-0.2, 0) is 21.1 Å². The van der Waals surface area contributed by atoms with Crippen LogP contribution in [0, 0.1) is 0 Å². The van der Waals surface area contributed by atoms with Crippen LogP contribution in [0.5, 0.6) is 0 Å². The van der Waals surface area contributed by atoms with Crippen LogP contribution in [-0.4, -0.2) is 30.2 Å². The molecule has 0 unspecified atom stereocenters. The summed E-state index contributed by atoms with van der Waals surface area (Å²) < 4.78 is 48.7. The zero-order chi connectivity index (χ0) is 16.8. The van der Waals surface area contributed by atoms with Gasteiger partial charge in [0.1, 0.15) is 0 Å². The minimum atomic E-state index is -4.71. The van der Waals surface area contributed by atoms with Gasteiger partial charge in [-0.2, -0.15) is 8.78 Å². The maximum Gasteiger partial charge on any atom is 0.341 e. The number of carboxylic acid groups (broad SMARTS) is 1. The summed E-state index contributed by atoms with van der Waals surface area (Å²) in [6.45, 7) is 0. The number of aromatic amines is 1. The van der Waals surface area contributed by atoms with E-state index in [2.05, 4.69) is 4.98 Å². The van der Waals surface area contributed by atoms with E-state index in [0.717, 1.165) is 12.1 Å². The Kier molecular flexibility index (Phi) is 3.56. The van der Waals surface area contributed by atoms with Crippen molar-refractivity contribution in [2.75, 3.05) is 0 Å². The summed E-state index contributed by atoms with van der Waals surface area (Å²) in [5, 5.41) is 9.91. The van der Waals surface area contributed by atoms with E-state index in [-0.39, 0.29) is 6.42 Å². The van der Waals surface area contributed by atoms with Crippen molar-refractivity contribution in [2.45, 2.75) is 17.1 Å². The average Bonchev–Trinajstić information content (AvgIpc) is 2.84. The first kappa shape index (κ1) is 15.4. The first-order valence-corrected chi connectivity index (χ1v) is 8.12. The summed E-state index contributed by atoms with van der Waals surface area (Å²) in [5.74, 6) is -4.55. The lowest BCUT2D eigenvalue weighted by atomic mass is 10.0. The zero-order valence-corrected chi connectivity index (χ0v) is 12.4. The highest BCUT2D eigenvalue weighted by Gasteiger charge is 2.27. The molecule has 1 aromatic heterocycles. The number of halogens is 2. The van der Waals surface area contributed by atoms with Gasteiger partial charge in [0, 0.05) is 21.8 Å². The molecule has 3 aromatic rings. The van der Waals surface area contributed by atoms with Gasteiger partial charge in [0.25, 0.3) is 0 Å². The Morgan fingerprint density at radius 3 is 2.57 bits per heavy atom. The molecular formula is C15H11F2NO4S. The van der Waals surface area contributed by atoms with Crippen LogP contribution in [0.25, 0.3) is 21.8 Å². The Hall–Kier alpha value is -2.48. The molecule has 2 N–H and O–H groups in total. The average molecular weight is 339 g/mol. The number of H-pyrrole nitrogens is 1. The molecule has 0 amide bonds. The van der Waals surface area contributed by atoms with Gasteiger partial charge in [-0.15, -0.1) is 0 Å². The van der Waals surface area contributed by atoms with E-state index in [1.54, 1.807) is 18.2 Å². The quantitative estimate of drug-likeness (QED) is 0.765. The van der Waals surface area contributed by atoms with Crippen LogP contribution in [0.15, 0.2) is 41.3 Å². The second-order valence-electron chi connectivity index (χ2n) is 5.05. The summed E-state index contributed by atoms with van der Waals surface area (Å²) in [6.07, 6.45) is -0.254. The second-order valence-corrected chi connectivity index (χ2v) is 6.97. The summed E-state index contributed by atoms with van der Waals surface area (Å²) in [6, 6.07) is 8.65. The Balaban J connectivity index is 2.33. The fraction of sp³-hybridized carbons (Fsp3) is 0.133. The molecule has 0 aliphatic rings. The van der Waals surface area contributed by atoms with Gasteiger partial charge in [-0.1, -0.05) is 12.1 Å². The Labute approximate surface area is 129 Å². The van der Waals surface area contributed by atoms with Crippen LogP contribution in [0.3, 0.4) is 0 Å². The van der Waals surface area contributed by atoms with Crippen molar-refractivity contribution in [1.82, 2.24) is 4.98 Å². The monoisotopic (exact) mass is 339 g/mol. The van der Waals surface area contributed by atoms with E-state index < -0.39 is 26.5 Å². The molecular weight excluding hydrogens is 328 g/mol. The highest BCUT2D eigenvalue weighted by molar-refractivity contribution is 7.91. The minimum Gasteiger partial charge on any atom is -0.481 e. The molecule has 0 spiro atoms. The fourth-order valence-electron chi connectivity index (χ4n) is 2.60. The first-order chi connectivity index (χ1) is 10.8. The summed E-state index contributed by atoms with van der Waals surface area (Å²) >= 11 is 0. The fourth-order valence-corrected chi connectivity index (χ4v) is 3.34. The van der Waals surface area contributed by atoms with Gasteiger partial charge in [-0.05, 0) is 29.8 Å². The van der Waals surface area contributed by atoms with Gasteiger partial charge in [0.05, 0.1) is 11.3 Å². The number of carbonyl (C=O) groups is 1. The number of fused-ring (bicyclic) bond motifs is 3. The van der Waals surface area contributed by atoms with Gasteiger partial charge in [0.15, 0.2) is 0 Å². The van der Waals surface area contributed by atoms with Crippen LogP contribution in [0.2, 0.25) is 0 Å². The molecule has 8 heteroatoms. The third-order valence-electron chi connectivity index (χ3n) is 3.59. The predicted molar refractivity (Wildman–Crippen MR) is 80.3 cm³/mol. The molecule has 120 valence electrons. The highest BCUT2D eigenvalue weighted by atomic mass is 32.2. The van der Waals surface area contributed by atoms with E-state index >= 15 is 0 Å². The van der Waals surface area contributed by atoms with Gasteiger partial charge < -0.3 is 10.1 Å². The number of nitrogens with one attached hydrogen (secondary N) is 1. The molecule has 5 nitrogen and oxygen atoms in total. The lowest BCUT2D eigenvalue weighted by Crippen LogP contribution is -2.11. The molecule has 2 aromatic carbocycles. The van der Waals surface area contributed by atoms with Crippen molar-refractivity contribution in [1.29, 1.82) is 0 Å². The second kappa shape index (κ2) is 5.31. The normalized spacial score (nSPS) is 12.3. The molecule has 3 rings (SSSR count). The van der Waals surface area contributed by atoms with E-state index in [9.17, 15) is 22.0 Å². The Morgan fingerprint density at radius 1 is 1.17 bits per heavy atom. The molecule has 0 aliphatic carbocycles. The zero-order valence-electron chi connectivity index (χ0n) is 11.6. The van der Waals surface area contributed by atoms with Crippen molar-refractivity contribution >= 4 is 37.6 Å². The maximum absolute atomic E-state index is 12.7. The van der Waals surface area contributed by atoms with Crippen molar-refractivity contribution in [3.8, 4) is 0 Å². The lowest BCUT2D eigenvalue weighted by molar-refractivity contribution is -0.136. The third kappa shape index (κ3) is 2.55. The standard InChI is InChI=1S/C15H11F2NO4S/c16-15(17)23(21,22)9-4-5-11-10(7-9)14-8(6-13(19)20)2-1-3-12(14)18-11/h1-5,7,15,18H,6H2,(H,19,20). The van der Waals surface area contributed by atoms with Gasteiger partial charge in [-0.25, -0.2) is 8.42 Å². The third-order valence-corrected chi connectivity index (χ3v) is 4.97. The molecule has 0 bridgehead atoms. The number of aliphatic carboxylic acids is 1. The number of hydrogen-bond donors (Lipinski definition) is 2. The molecule has 0 saturated carbocycles. The molecule has 23 heavy (non-hydrogen) atoms. The molecule has 0 atom stereocenters. The SMILES string of the molecule is O=C(O)Cc1cccc2[nH]c3ccc(S(=O)(=O)C(F)F)cc3c12. The predicted octanol–water partition coefficient (Wildman–Crippen LogP) is 2.94. The number of aromatic nitrogens is 1. The molecule has 0 fully saturated rings. The van der Waals surface area contributed by atoms with E-state index in [1.807, 2.05) is 0 Å². The van der Waals surface area contributed by atoms with Crippen LogP contribution >= 0.6 is 0 Å².